The fraction of sp³-hybridized carbons (Fsp3) is 0.292. The van der Waals surface area contributed by atoms with Crippen LogP contribution >= 0.6 is 0 Å². The van der Waals surface area contributed by atoms with E-state index in [1.54, 1.807) is 24.5 Å². The molecule has 6 heteroatoms. The molecule has 1 atom stereocenters. The second kappa shape index (κ2) is 10.4. The highest BCUT2D eigenvalue weighted by Gasteiger charge is 2.23. The number of hydrogen-bond donors (Lipinski definition) is 1. The maximum Gasteiger partial charge on any atom is 0.252 e. The first-order chi connectivity index (χ1) is 14.7. The number of furan rings is 1. The lowest BCUT2D eigenvalue weighted by atomic mass is 10.0. The van der Waals surface area contributed by atoms with Gasteiger partial charge in [-0.25, -0.2) is 0 Å². The molecule has 1 heterocycles. The highest BCUT2D eigenvalue weighted by Crippen LogP contribution is 2.39. The van der Waals surface area contributed by atoms with E-state index in [1.807, 2.05) is 57.2 Å². The maximum absolute atomic E-state index is 13.2. The second-order valence-electron chi connectivity index (χ2n) is 6.43. The monoisotopic (exact) mass is 409 g/mol. The Morgan fingerprint density at radius 2 is 1.53 bits per heavy atom. The van der Waals surface area contributed by atoms with Crippen LogP contribution in [0.1, 0.15) is 48.5 Å². The third-order valence-corrected chi connectivity index (χ3v) is 4.41. The minimum absolute atomic E-state index is 0.273. The van der Waals surface area contributed by atoms with E-state index in [0.29, 0.717) is 48.4 Å². The third-order valence-electron chi connectivity index (χ3n) is 4.41. The first-order valence-corrected chi connectivity index (χ1v) is 10.1. The van der Waals surface area contributed by atoms with E-state index in [-0.39, 0.29) is 5.91 Å². The van der Waals surface area contributed by atoms with Gasteiger partial charge in [0.2, 0.25) is 5.75 Å². The van der Waals surface area contributed by atoms with Crippen molar-refractivity contribution in [3.8, 4) is 17.2 Å². The van der Waals surface area contributed by atoms with Crippen molar-refractivity contribution < 1.29 is 23.4 Å². The summed E-state index contributed by atoms with van der Waals surface area (Å²) < 4.78 is 22.8. The van der Waals surface area contributed by atoms with E-state index in [0.717, 1.165) is 5.56 Å². The van der Waals surface area contributed by atoms with Crippen LogP contribution in [0.2, 0.25) is 0 Å². The van der Waals surface area contributed by atoms with Gasteiger partial charge in [0.1, 0.15) is 11.8 Å². The summed E-state index contributed by atoms with van der Waals surface area (Å²) in [6.45, 7) is 6.99. The minimum atomic E-state index is -0.425. The summed E-state index contributed by atoms with van der Waals surface area (Å²) in [6, 6.07) is 16.2. The van der Waals surface area contributed by atoms with Crippen LogP contribution in [-0.2, 0) is 0 Å². The van der Waals surface area contributed by atoms with Crippen LogP contribution in [-0.4, -0.2) is 25.7 Å². The van der Waals surface area contributed by atoms with Gasteiger partial charge < -0.3 is 23.9 Å². The van der Waals surface area contributed by atoms with Gasteiger partial charge >= 0.3 is 0 Å². The Balaban J connectivity index is 1.96. The Hall–Kier alpha value is -3.41. The normalized spacial score (nSPS) is 11.6. The van der Waals surface area contributed by atoms with Crippen LogP contribution < -0.4 is 19.5 Å². The van der Waals surface area contributed by atoms with Gasteiger partial charge in [0.15, 0.2) is 11.5 Å². The molecule has 0 bridgehead atoms. The average Bonchev–Trinajstić information content (AvgIpc) is 3.29. The number of benzene rings is 2. The number of carbonyl (C=O) groups is 1. The lowest BCUT2D eigenvalue weighted by Crippen LogP contribution is -2.29. The quantitative estimate of drug-likeness (QED) is 0.511. The molecule has 0 fully saturated rings. The molecule has 0 radical (unpaired) electrons. The van der Waals surface area contributed by atoms with Crippen LogP contribution in [0.5, 0.6) is 17.2 Å². The molecule has 30 heavy (non-hydrogen) atoms. The summed E-state index contributed by atoms with van der Waals surface area (Å²) in [5, 5.41) is 3.06. The first-order valence-electron chi connectivity index (χ1n) is 10.1. The molecule has 0 saturated carbocycles. The van der Waals surface area contributed by atoms with E-state index in [9.17, 15) is 4.79 Å². The number of ether oxygens (including phenoxy) is 3. The second-order valence-corrected chi connectivity index (χ2v) is 6.43. The third kappa shape index (κ3) is 4.95. The summed E-state index contributed by atoms with van der Waals surface area (Å²) >= 11 is 0. The summed E-state index contributed by atoms with van der Waals surface area (Å²) in [4.78, 5) is 13.2. The van der Waals surface area contributed by atoms with Crippen molar-refractivity contribution in [1.82, 2.24) is 5.32 Å². The van der Waals surface area contributed by atoms with Gasteiger partial charge in [-0.05, 0) is 50.6 Å². The lowest BCUT2D eigenvalue weighted by Gasteiger charge is -2.19. The van der Waals surface area contributed by atoms with Gasteiger partial charge in [0.25, 0.3) is 5.91 Å². The van der Waals surface area contributed by atoms with Gasteiger partial charge in [0, 0.05) is 5.56 Å². The van der Waals surface area contributed by atoms with Crippen molar-refractivity contribution in [3.63, 3.8) is 0 Å². The van der Waals surface area contributed by atoms with Crippen LogP contribution in [0.15, 0.2) is 65.3 Å². The topological polar surface area (TPSA) is 69.9 Å². The Kier molecular flexibility index (Phi) is 7.38. The van der Waals surface area contributed by atoms with Crippen molar-refractivity contribution in [1.29, 1.82) is 0 Å². The standard InChI is InChI=1S/C24H27NO5/c1-4-27-20-15-18(16-21(28-5-2)23(20)29-6-3)24(26)25-22(19-13-10-14-30-19)17-11-8-7-9-12-17/h7-16,22H,4-6H2,1-3H3,(H,25,26)/t22-/m0/s1. The van der Waals surface area contributed by atoms with Crippen molar-refractivity contribution in [2.45, 2.75) is 26.8 Å². The van der Waals surface area contributed by atoms with E-state index >= 15 is 0 Å². The summed E-state index contributed by atoms with van der Waals surface area (Å²) in [5.74, 6) is 1.83. The molecule has 158 valence electrons. The molecule has 2 aromatic carbocycles. The van der Waals surface area contributed by atoms with Gasteiger partial charge in [-0.15, -0.1) is 0 Å². The Morgan fingerprint density at radius 3 is 2.07 bits per heavy atom. The molecule has 0 aliphatic carbocycles. The summed E-state index contributed by atoms with van der Waals surface area (Å²) in [7, 11) is 0. The maximum atomic E-state index is 13.2. The van der Waals surface area contributed by atoms with Gasteiger partial charge in [-0.2, -0.15) is 0 Å². The molecule has 1 N–H and O–H groups in total. The highest BCUT2D eigenvalue weighted by atomic mass is 16.5. The highest BCUT2D eigenvalue weighted by molar-refractivity contribution is 5.96. The van der Waals surface area contributed by atoms with Crippen LogP contribution in [0.3, 0.4) is 0 Å². The molecule has 3 aromatic rings. The van der Waals surface area contributed by atoms with Crippen LogP contribution in [0.25, 0.3) is 0 Å². The largest absolute Gasteiger partial charge is 0.490 e. The molecule has 1 aromatic heterocycles. The molecule has 1 amide bonds. The molecular formula is C24H27NO5. The number of carbonyl (C=O) groups excluding carboxylic acids is 1. The molecule has 3 rings (SSSR count). The molecule has 6 nitrogen and oxygen atoms in total. The first kappa shape index (κ1) is 21.3. The number of nitrogens with one attached hydrogen (secondary N) is 1. The smallest absolute Gasteiger partial charge is 0.252 e. The molecule has 0 spiro atoms. The Labute approximate surface area is 176 Å². The lowest BCUT2D eigenvalue weighted by molar-refractivity contribution is 0.0938. The zero-order valence-corrected chi connectivity index (χ0v) is 17.5. The minimum Gasteiger partial charge on any atom is -0.490 e. The SMILES string of the molecule is CCOc1cc(C(=O)N[C@@H](c2ccccc2)c2ccco2)cc(OCC)c1OCC. The summed E-state index contributed by atoms with van der Waals surface area (Å²) in [6.07, 6.45) is 1.59. The van der Waals surface area contributed by atoms with Crippen molar-refractivity contribution in [3.05, 3.63) is 77.7 Å². The van der Waals surface area contributed by atoms with Crippen molar-refractivity contribution in [2.75, 3.05) is 19.8 Å². The van der Waals surface area contributed by atoms with E-state index in [1.165, 1.54) is 0 Å². The van der Waals surface area contributed by atoms with Gasteiger partial charge in [-0.3, -0.25) is 4.79 Å². The molecule has 0 aliphatic rings. The summed E-state index contributed by atoms with van der Waals surface area (Å²) in [5.41, 5.74) is 1.33. The fourth-order valence-electron chi connectivity index (χ4n) is 3.15. The van der Waals surface area contributed by atoms with Crippen molar-refractivity contribution >= 4 is 5.91 Å². The van der Waals surface area contributed by atoms with Crippen molar-refractivity contribution in [2.24, 2.45) is 0 Å². The van der Waals surface area contributed by atoms with E-state index < -0.39 is 6.04 Å². The van der Waals surface area contributed by atoms with E-state index in [4.69, 9.17) is 18.6 Å². The average molecular weight is 409 g/mol. The number of hydrogen-bond acceptors (Lipinski definition) is 5. The Bertz CT molecular complexity index is 910. The zero-order chi connectivity index (χ0) is 21.3. The van der Waals surface area contributed by atoms with E-state index in [2.05, 4.69) is 5.32 Å². The molecular weight excluding hydrogens is 382 g/mol. The Morgan fingerprint density at radius 1 is 0.900 bits per heavy atom. The zero-order valence-electron chi connectivity index (χ0n) is 17.5. The molecule has 0 aliphatic heterocycles. The van der Waals surface area contributed by atoms with Gasteiger partial charge in [0.05, 0.1) is 26.1 Å². The van der Waals surface area contributed by atoms with Gasteiger partial charge in [-0.1, -0.05) is 30.3 Å². The number of amides is 1. The fourth-order valence-corrected chi connectivity index (χ4v) is 3.15. The number of rotatable bonds is 10. The predicted molar refractivity (Wildman–Crippen MR) is 114 cm³/mol. The molecule has 0 unspecified atom stereocenters. The predicted octanol–water partition coefficient (Wildman–Crippen LogP) is 5.00. The molecule has 0 saturated heterocycles. The van der Waals surface area contributed by atoms with Crippen LogP contribution in [0, 0.1) is 0 Å². The van der Waals surface area contributed by atoms with Crippen LogP contribution in [0.4, 0.5) is 0 Å².